The molecule has 0 spiro atoms. The van der Waals surface area contributed by atoms with Gasteiger partial charge in [-0.3, -0.25) is 0 Å². The van der Waals surface area contributed by atoms with Crippen molar-refractivity contribution >= 4 is 5.97 Å². The predicted molar refractivity (Wildman–Crippen MR) is 47.4 cm³/mol. The van der Waals surface area contributed by atoms with Crippen molar-refractivity contribution in [3.8, 4) is 0 Å². The van der Waals surface area contributed by atoms with Crippen LogP contribution in [0.2, 0.25) is 0 Å². The molecule has 0 aromatic rings. The zero-order valence-corrected chi connectivity index (χ0v) is 7.60. The van der Waals surface area contributed by atoms with Gasteiger partial charge in [-0.2, -0.15) is 0 Å². The first kappa shape index (κ1) is 8.78. The standard InChI is InChI=1S/C10H12O2/c1-6(2)5-8-9(7(3)4)10(11)12-8/h5H,1H2,2-4H3/b8-5-. The second kappa shape index (κ2) is 2.97. The second-order valence-corrected chi connectivity index (χ2v) is 3.12. The maximum Gasteiger partial charge on any atom is 0.347 e. The Morgan fingerprint density at radius 1 is 1.42 bits per heavy atom. The molecule has 64 valence electrons. The summed E-state index contributed by atoms with van der Waals surface area (Å²) in [7, 11) is 0. The number of hydrogen-bond acceptors (Lipinski definition) is 2. The minimum atomic E-state index is -0.234. The molecule has 1 fully saturated rings. The molecule has 0 aromatic carbocycles. The third-order valence-corrected chi connectivity index (χ3v) is 1.53. The summed E-state index contributed by atoms with van der Waals surface area (Å²) in [6.45, 7) is 9.35. The van der Waals surface area contributed by atoms with Crippen molar-refractivity contribution in [1.29, 1.82) is 0 Å². The van der Waals surface area contributed by atoms with Gasteiger partial charge in [0, 0.05) is 0 Å². The van der Waals surface area contributed by atoms with Crippen LogP contribution in [0.15, 0.2) is 35.1 Å². The van der Waals surface area contributed by atoms with E-state index in [-0.39, 0.29) is 5.97 Å². The number of carbonyl (C=O) groups is 1. The van der Waals surface area contributed by atoms with E-state index in [4.69, 9.17) is 4.74 Å². The van der Waals surface area contributed by atoms with Crippen molar-refractivity contribution in [2.24, 2.45) is 0 Å². The van der Waals surface area contributed by atoms with E-state index in [0.29, 0.717) is 11.3 Å². The summed E-state index contributed by atoms with van der Waals surface area (Å²) < 4.78 is 4.83. The molecule has 1 aliphatic rings. The van der Waals surface area contributed by atoms with Gasteiger partial charge in [0.25, 0.3) is 0 Å². The second-order valence-electron chi connectivity index (χ2n) is 3.12. The molecule has 2 nitrogen and oxygen atoms in total. The summed E-state index contributed by atoms with van der Waals surface area (Å²) in [6.07, 6.45) is 1.77. The molecular formula is C10H12O2. The number of hydrogen-bond donors (Lipinski definition) is 0. The van der Waals surface area contributed by atoms with Crippen LogP contribution >= 0.6 is 0 Å². The summed E-state index contributed by atoms with van der Waals surface area (Å²) >= 11 is 0. The average molecular weight is 164 g/mol. The fraction of sp³-hybridized carbons (Fsp3) is 0.300. The van der Waals surface area contributed by atoms with E-state index in [9.17, 15) is 4.79 Å². The quantitative estimate of drug-likeness (QED) is 0.439. The number of esters is 1. The molecule has 0 unspecified atom stereocenters. The summed E-state index contributed by atoms with van der Waals surface area (Å²) in [5.74, 6) is 0.412. The van der Waals surface area contributed by atoms with E-state index < -0.39 is 0 Å². The summed E-state index contributed by atoms with van der Waals surface area (Å²) in [5.41, 5.74) is 2.56. The number of carbonyl (C=O) groups excluding carboxylic acids is 1. The Labute approximate surface area is 72.2 Å². The molecule has 1 aliphatic heterocycles. The van der Waals surface area contributed by atoms with E-state index in [1.165, 1.54) is 0 Å². The highest BCUT2D eigenvalue weighted by Crippen LogP contribution is 2.29. The molecular weight excluding hydrogens is 152 g/mol. The number of ether oxygens (including phenoxy) is 1. The van der Waals surface area contributed by atoms with Crippen LogP contribution in [0.1, 0.15) is 20.8 Å². The van der Waals surface area contributed by atoms with Crippen molar-refractivity contribution in [2.45, 2.75) is 20.8 Å². The molecule has 0 saturated carbocycles. The van der Waals surface area contributed by atoms with Crippen molar-refractivity contribution in [1.82, 2.24) is 0 Å². The topological polar surface area (TPSA) is 26.3 Å². The van der Waals surface area contributed by atoms with Gasteiger partial charge in [0.2, 0.25) is 0 Å². The Kier molecular flexibility index (Phi) is 2.18. The maximum absolute atomic E-state index is 10.9. The van der Waals surface area contributed by atoms with Gasteiger partial charge in [-0.25, -0.2) is 4.79 Å². The zero-order valence-electron chi connectivity index (χ0n) is 7.60. The smallest absolute Gasteiger partial charge is 0.347 e. The molecule has 0 bridgehead atoms. The Bertz CT molecular complexity index is 302. The van der Waals surface area contributed by atoms with E-state index in [0.717, 1.165) is 11.1 Å². The molecule has 12 heavy (non-hydrogen) atoms. The number of rotatable bonds is 1. The fourth-order valence-electron chi connectivity index (χ4n) is 1.03. The molecule has 0 N–H and O–H groups in total. The van der Waals surface area contributed by atoms with Crippen LogP contribution in [0, 0.1) is 0 Å². The first-order valence-electron chi connectivity index (χ1n) is 3.79. The first-order valence-corrected chi connectivity index (χ1v) is 3.79. The predicted octanol–water partition coefficient (Wildman–Crippen LogP) is 2.34. The Hall–Kier alpha value is -1.31. The van der Waals surface area contributed by atoms with Crippen LogP contribution in [-0.2, 0) is 9.53 Å². The van der Waals surface area contributed by atoms with Gasteiger partial charge < -0.3 is 4.74 Å². The monoisotopic (exact) mass is 164 g/mol. The van der Waals surface area contributed by atoms with E-state index in [2.05, 4.69) is 6.58 Å². The van der Waals surface area contributed by atoms with Gasteiger partial charge in [0.15, 0.2) is 0 Å². The van der Waals surface area contributed by atoms with Gasteiger partial charge in [-0.15, -0.1) is 0 Å². The largest absolute Gasteiger partial charge is 0.422 e. The highest BCUT2D eigenvalue weighted by Gasteiger charge is 2.30. The summed E-state index contributed by atoms with van der Waals surface area (Å²) in [6, 6.07) is 0. The first-order chi connectivity index (χ1) is 5.52. The van der Waals surface area contributed by atoms with Crippen LogP contribution < -0.4 is 0 Å². The molecule has 0 aromatic heterocycles. The Morgan fingerprint density at radius 2 is 2.00 bits per heavy atom. The molecule has 1 saturated heterocycles. The Morgan fingerprint density at radius 3 is 2.33 bits per heavy atom. The van der Waals surface area contributed by atoms with Crippen molar-refractivity contribution in [3.63, 3.8) is 0 Å². The van der Waals surface area contributed by atoms with Crippen LogP contribution in [-0.4, -0.2) is 5.97 Å². The molecule has 0 aliphatic carbocycles. The lowest BCUT2D eigenvalue weighted by Crippen LogP contribution is -2.23. The molecule has 1 rings (SSSR count). The van der Waals surface area contributed by atoms with Gasteiger partial charge in [-0.1, -0.05) is 17.7 Å². The lowest BCUT2D eigenvalue weighted by molar-refractivity contribution is -0.141. The van der Waals surface area contributed by atoms with E-state index >= 15 is 0 Å². The fourth-order valence-corrected chi connectivity index (χ4v) is 1.03. The van der Waals surface area contributed by atoms with Crippen LogP contribution in [0.4, 0.5) is 0 Å². The normalized spacial score (nSPS) is 18.8. The van der Waals surface area contributed by atoms with Crippen LogP contribution in [0.5, 0.6) is 0 Å². The summed E-state index contributed by atoms with van der Waals surface area (Å²) in [4.78, 5) is 10.9. The average Bonchev–Trinajstić information content (AvgIpc) is 1.82. The lowest BCUT2D eigenvalue weighted by Gasteiger charge is -2.21. The van der Waals surface area contributed by atoms with E-state index in [1.54, 1.807) is 6.08 Å². The van der Waals surface area contributed by atoms with Gasteiger partial charge in [0.1, 0.15) is 11.3 Å². The van der Waals surface area contributed by atoms with Gasteiger partial charge in [0.05, 0.1) is 0 Å². The molecule has 0 radical (unpaired) electrons. The maximum atomic E-state index is 10.9. The molecule has 1 heterocycles. The lowest BCUT2D eigenvalue weighted by atomic mass is 10.0. The van der Waals surface area contributed by atoms with Crippen LogP contribution in [0.3, 0.4) is 0 Å². The third kappa shape index (κ3) is 1.47. The molecule has 0 atom stereocenters. The minimum absolute atomic E-state index is 0.234. The zero-order chi connectivity index (χ0) is 9.30. The highest BCUT2D eigenvalue weighted by atomic mass is 16.6. The van der Waals surface area contributed by atoms with Gasteiger partial charge in [-0.05, 0) is 26.8 Å². The summed E-state index contributed by atoms with van der Waals surface area (Å²) in [5, 5.41) is 0. The minimum Gasteiger partial charge on any atom is -0.422 e. The third-order valence-electron chi connectivity index (χ3n) is 1.53. The number of cyclic esters (lactones) is 1. The van der Waals surface area contributed by atoms with Crippen molar-refractivity contribution < 1.29 is 9.53 Å². The Balaban J connectivity index is 2.95. The van der Waals surface area contributed by atoms with E-state index in [1.807, 2.05) is 20.8 Å². The SMILES string of the molecule is C=C(C)/C=C1\OC(=O)C1=C(C)C. The van der Waals surface area contributed by atoms with Crippen molar-refractivity contribution in [3.05, 3.63) is 35.1 Å². The van der Waals surface area contributed by atoms with Crippen LogP contribution in [0.25, 0.3) is 0 Å². The van der Waals surface area contributed by atoms with Gasteiger partial charge >= 0.3 is 5.97 Å². The van der Waals surface area contributed by atoms with Crippen molar-refractivity contribution in [2.75, 3.05) is 0 Å². The molecule has 0 amide bonds. The number of allylic oxidation sites excluding steroid dienone is 3. The highest BCUT2D eigenvalue weighted by molar-refractivity contribution is 6.01. The molecule has 2 heteroatoms.